The monoisotopic (exact) mass is 383 g/mol. The molecule has 0 radical (unpaired) electrons. The van der Waals surface area contributed by atoms with Gasteiger partial charge in [0.1, 0.15) is 24.7 Å². The van der Waals surface area contributed by atoms with E-state index in [0.29, 0.717) is 35.5 Å². The summed E-state index contributed by atoms with van der Waals surface area (Å²) < 4.78 is 13.7. The van der Waals surface area contributed by atoms with E-state index in [1.54, 1.807) is 0 Å². The van der Waals surface area contributed by atoms with Crippen molar-refractivity contribution in [3.8, 4) is 11.5 Å². The van der Waals surface area contributed by atoms with Gasteiger partial charge in [-0.05, 0) is 64.6 Å². The summed E-state index contributed by atoms with van der Waals surface area (Å²) >= 11 is 0. The van der Waals surface area contributed by atoms with Gasteiger partial charge in [0, 0.05) is 30.9 Å². The van der Waals surface area contributed by atoms with E-state index in [9.17, 15) is 4.79 Å². The van der Waals surface area contributed by atoms with E-state index in [1.165, 1.54) is 0 Å². The van der Waals surface area contributed by atoms with E-state index in [4.69, 9.17) is 9.47 Å². The first-order valence-corrected chi connectivity index (χ1v) is 9.48. The second kappa shape index (κ2) is 8.63. The molecule has 28 heavy (non-hydrogen) atoms. The fraction of sp³-hybridized carbons (Fsp3) is 0.409. The van der Waals surface area contributed by atoms with Crippen molar-refractivity contribution in [2.75, 3.05) is 54.5 Å². The van der Waals surface area contributed by atoms with Crippen molar-refractivity contribution in [2.24, 2.45) is 7.05 Å². The molecule has 150 valence electrons. The Morgan fingerprint density at radius 3 is 1.61 bits per heavy atom. The van der Waals surface area contributed by atoms with Gasteiger partial charge in [-0.2, -0.15) is 0 Å². The Labute approximate surface area is 165 Å². The Bertz CT molecular complexity index is 947. The lowest BCUT2D eigenvalue weighted by molar-refractivity contribution is 0.261. The Morgan fingerprint density at radius 2 is 1.21 bits per heavy atom. The Hall–Kier alpha value is -2.57. The predicted octanol–water partition coefficient (Wildman–Crippen LogP) is 2.57. The summed E-state index contributed by atoms with van der Waals surface area (Å²) in [4.78, 5) is 17.3. The third-order valence-corrected chi connectivity index (χ3v) is 4.76. The van der Waals surface area contributed by atoms with E-state index < -0.39 is 0 Å². The standard InChI is InChI=1S/C22H29N3O3/c1-23(2)10-12-27-16-6-8-20-18(14-16)22(26)19-15-17(28-13-11-24(3)4)7-9-21(19)25(20)5/h6-9,14-15H,10-13H2,1-5H3. The van der Waals surface area contributed by atoms with Crippen LogP contribution in [0.2, 0.25) is 0 Å². The lowest BCUT2D eigenvalue weighted by Gasteiger charge is -2.15. The second-order valence-corrected chi connectivity index (χ2v) is 7.55. The van der Waals surface area contributed by atoms with Crippen molar-refractivity contribution in [3.63, 3.8) is 0 Å². The van der Waals surface area contributed by atoms with E-state index in [1.807, 2.05) is 76.2 Å². The number of hydrogen-bond donors (Lipinski definition) is 0. The quantitative estimate of drug-likeness (QED) is 0.560. The molecule has 6 nitrogen and oxygen atoms in total. The predicted molar refractivity (Wildman–Crippen MR) is 115 cm³/mol. The van der Waals surface area contributed by atoms with Crippen LogP contribution in [-0.2, 0) is 7.05 Å². The third kappa shape index (κ3) is 4.46. The Morgan fingerprint density at radius 1 is 0.786 bits per heavy atom. The minimum absolute atomic E-state index is 0.000723. The molecule has 3 rings (SSSR count). The molecule has 0 saturated carbocycles. The van der Waals surface area contributed by atoms with Crippen molar-refractivity contribution in [1.82, 2.24) is 14.4 Å². The summed E-state index contributed by atoms with van der Waals surface area (Å²) in [5, 5.41) is 1.31. The molecule has 0 saturated heterocycles. The lowest BCUT2D eigenvalue weighted by atomic mass is 10.1. The Balaban J connectivity index is 1.97. The molecule has 0 amide bonds. The first-order valence-electron chi connectivity index (χ1n) is 9.48. The van der Waals surface area contributed by atoms with Crippen LogP contribution in [0.15, 0.2) is 41.2 Å². The van der Waals surface area contributed by atoms with Crippen LogP contribution in [0.25, 0.3) is 21.8 Å². The van der Waals surface area contributed by atoms with Crippen molar-refractivity contribution in [1.29, 1.82) is 0 Å². The molecule has 0 bridgehead atoms. The highest BCUT2D eigenvalue weighted by Crippen LogP contribution is 2.25. The molecule has 3 aromatic rings. The van der Waals surface area contributed by atoms with E-state index >= 15 is 0 Å². The first-order chi connectivity index (χ1) is 13.4. The van der Waals surface area contributed by atoms with Crippen LogP contribution >= 0.6 is 0 Å². The smallest absolute Gasteiger partial charge is 0.197 e. The largest absolute Gasteiger partial charge is 0.492 e. The fourth-order valence-corrected chi connectivity index (χ4v) is 3.13. The molecular weight excluding hydrogens is 354 g/mol. The molecule has 6 heteroatoms. The highest BCUT2D eigenvalue weighted by molar-refractivity contribution is 5.94. The molecule has 0 aliphatic carbocycles. The average molecular weight is 383 g/mol. The number of nitrogens with zero attached hydrogens (tertiary/aromatic N) is 3. The van der Waals surface area contributed by atoms with Crippen LogP contribution in [0.3, 0.4) is 0 Å². The first kappa shape index (κ1) is 20.2. The van der Waals surface area contributed by atoms with Gasteiger partial charge < -0.3 is 23.8 Å². The van der Waals surface area contributed by atoms with Crippen molar-refractivity contribution < 1.29 is 9.47 Å². The molecule has 0 spiro atoms. The molecule has 0 atom stereocenters. The van der Waals surface area contributed by atoms with Gasteiger partial charge in [-0.1, -0.05) is 0 Å². The van der Waals surface area contributed by atoms with Gasteiger partial charge in [0.25, 0.3) is 0 Å². The van der Waals surface area contributed by atoms with E-state index in [0.717, 1.165) is 24.1 Å². The van der Waals surface area contributed by atoms with Gasteiger partial charge in [-0.3, -0.25) is 4.79 Å². The summed E-state index contributed by atoms with van der Waals surface area (Å²) in [6, 6.07) is 11.4. The number of aryl methyl sites for hydroxylation is 1. The van der Waals surface area contributed by atoms with Gasteiger partial charge in [0.05, 0.1) is 11.0 Å². The highest BCUT2D eigenvalue weighted by atomic mass is 16.5. The Kier molecular flexibility index (Phi) is 6.21. The molecular formula is C22H29N3O3. The summed E-state index contributed by atoms with van der Waals surface area (Å²) in [6.07, 6.45) is 0. The molecule has 0 N–H and O–H groups in total. The van der Waals surface area contributed by atoms with Crippen LogP contribution in [0.1, 0.15) is 0 Å². The van der Waals surface area contributed by atoms with Crippen molar-refractivity contribution in [3.05, 3.63) is 46.6 Å². The average Bonchev–Trinajstić information content (AvgIpc) is 2.65. The number of aromatic nitrogens is 1. The SMILES string of the molecule is CN(C)CCOc1ccc2c(c1)c(=O)c1cc(OCCN(C)C)ccc1n2C. The maximum Gasteiger partial charge on any atom is 0.197 e. The summed E-state index contributed by atoms with van der Waals surface area (Å²) in [5.41, 5.74) is 1.77. The van der Waals surface area contributed by atoms with Crippen LogP contribution < -0.4 is 14.9 Å². The minimum Gasteiger partial charge on any atom is -0.492 e. The van der Waals surface area contributed by atoms with Crippen molar-refractivity contribution >= 4 is 21.8 Å². The number of ether oxygens (including phenoxy) is 2. The summed E-state index contributed by atoms with van der Waals surface area (Å²) in [6.45, 7) is 2.80. The second-order valence-electron chi connectivity index (χ2n) is 7.55. The topological polar surface area (TPSA) is 46.9 Å². The zero-order valence-corrected chi connectivity index (χ0v) is 17.4. The van der Waals surface area contributed by atoms with Crippen LogP contribution in [0.4, 0.5) is 0 Å². The maximum absolute atomic E-state index is 13.2. The zero-order chi connectivity index (χ0) is 20.3. The van der Waals surface area contributed by atoms with Gasteiger partial charge >= 0.3 is 0 Å². The normalized spacial score (nSPS) is 11.7. The lowest BCUT2D eigenvalue weighted by Crippen LogP contribution is -2.19. The summed E-state index contributed by atoms with van der Waals surface area (Å²) in [5.74, 6) is 1.42. The number of benzene rings is 2. The van der Waals surface area contributed by atoms with E-state index in [-0.39, 0.29) is 5.43 Å². The third-order valence-electron chi connectivity index (χ3n) is 4.76. The van der Waals surface area contributed by atoms with Gasteiger partial charge in [0.2, 0.25) is 0 Å². The molecule has 1 aromatic heterocycles. The van der Waals surface area contributed by atoms with Gasteiger partial charge in [0.15, 0.2) is 5.43 Å². The maximum atomic E-state index is 13.2. The van der Waals surface area contributed by atoms with Crippen LogP contribution in [0, 0.1) is 0 Å². The fourth-order valence-electron chi connectivity index (χ4n) is 3.13. The molecule has 0 aliphatic rings. The molecule has 1 heterocycles. The summed E-state index contributed by atoms with van der Waals surface area (Å²) in [7, 11) is 9.99. The van der Waals surface area contributed by atoms with Gasteiger partial charge in [-0.25, -0.2) is 0 Å². The molecule has 0 unspecified atom stereocenters. The van der Waals surface area contributed by atoms with Gasteiger partial charge in [-0.15, -0.1) is 0 Å². The van der Waals surface area contributed by atoms with Crippen LogP contribution in [-0.4, -0.2) is 68.9 Å². The highest BCUT2D eigenvalue weighted by Gasteiger charge is 2.11. The number of rotatable bonds is 8. The van der Waals surface area contributed by atoms with Crippen molar-refractivity contribution in [2.45, 2.75) is 0 Å². The zero-order valence-electron chi connectivity index (χ0n) is 17.4. The number of pyridine rings is 1. The molecule has 2 aromatic carbocycles. The van der Waals surface area contributed by atoms with E-state index in [2.05, 4.69) is 9.80 Å². The number of hydrogen-bond acceptors (Lipinski definition) is 5. The number of fused-ring (bicyclic) bond motifs is 2. The number of likely N-dealkylation sites (N-methyl/N-ethyl adjacent to an activating group) is 2. The molecule has 0 fully saturated rings. The molecule has 0 aliphatic heterocycles. The van der Waals surface area contributed by atoms with Crippen LogP contribution in [0.5, 0.6) is 11.5 Å². The minimum atomic E-state index is -0.000723.